The van der Waals surface area contributed by atoms with Crippen LogP contribution in [-0.2, 0) is 4.79 Å². The number of benzene rings is 1. The van der Waals surface area contributed by atoms with Crippen LogP contribution in [0.5, 0.6) is 5.75 Å². The molecule has 0 aliphatic rings. The zero-order valence-electron chi connectivity index (χ0n) is 9.53. The molecule has 0 saturated heterocycles. The van der Waals surface area contributed by atoms with Crippen LogP contribution >= 0.6 is 0 Å². The molecule has 3 heteroatoms. The molecule has 16 heavy (non-hydrogen) atoms. The third-order valence-electron chi connectivity index (χ3n) is 2.12. The monoisotopic (exact) mass is 219 g/mol. The second kappa shape index (κ2) is 6.67. The summed E-state index contributed by atoms with van der Waals surface area (Å²) in [6, 6.07) is 7.63. The van der Waals surface area contributed by atoms with Gasteiger partial charge in [0, 0.05) is 6.54 Å². The van der Waals surface area contributed by atoms with E-state index in [0.29, 0.717) is 6.54 Å². The van der Waals surface area contributed by atoms with Crippen LogP contribution in [0, 0.1) is 6.92 Å². The van der Waals surface area contributed by atoms with Gasteiger partial charge in [0.15, 0.2) is 6.61 Å². The summed E-state index contributed by atoms with van der Waals surface area (Å²) in [6.45, 7) is 6.20. The third-order valence-corrected chi connectivity index (χ3v) is 2.12. The Balaban J connectivity index is 2.31. The summed E-state index contributed by atoms with van der Waals surface area (Å²) in [5.74, 6) is 0.645. The Kier molecular flexibility index (Phi) is 5.12. The molecular formula is C13H17NO2. The van der Waals surface area contributed by atoms with Crippen molar-refractivity contribution in [1.29, 1.82) is 0 Å². The molecule has 0 heterocycles. The maximum Gasteiger partial charge on any atom is 0.257 e. The highest BCUT2D eigenvalue weighted by atomic mass is 16.5. The van der Waals surface area contributed by atoms with Crippen molar-refractivity contribution in [3.05, 3.63) is 42.5 Å². The molecule has 86 valence electrons. The third kappa shape index (κ3) is 4.17. The van der Waals surface area contributed by atoms with Crippen LogP contribution < -0.4 is 10.1 Å². The fourth-order valence-electron chi connectivity index (χ4n) is 1.23. The van der Waals surface area contributed by atoms with Crippen LogP contribution in [0.15, 0.2) is 36.9 Å². The van der Waals surface area contributed by atoms with E-state index in [-0.39, 0.29) is 12.5 Å². The van der Waals surface area contributed by atoms with Crippen molar-refractivity contribution in [3.63, 3.8) is 0 Å². The molecule has 0 unspecified atom stereocenters. The van der Waals surface area contributed by atoms with Gasteiger partial charge in [0.2, 0.25) is 0 Å². The topological polar surface area (TPSA) is 38.3 Å². The standard InChI is InChI=1S/C13H17NO2/c1-3-4-9-14-13(15)10-16-12-8-6-5-7-11(12)2/h3,5-8H,1,4,9-10H2,2H3,(H,14,15). The van der Waals surface area contributed by atoms with Crippen LogP contribution in [0.25, 0.3) is 0 Å². The number of hydrogen-bond donors (Lipinski definition) is 1. The fourth-order valence-corrected chi connectivity index (χ4v) is 1.23. The number of carbonyl (C=O) groups excluding carboxylic acids is 1. The molecule has 0 radical (unpaired) electrons. The molecular weight excluding hydrogens is 202 g/mol. The average Bonchev–Trinajstić information content (AvgIpc) is 2.28. The van der Waals surface area contributed by atoms with E-state index in [1.54, 1.807) is 6.08 Å². The minimum absolute atomic E-state index is 0.0575. The van der Waals surface area contributed by atoms with Gasteiger partial charge in [0.05, 0.1) is 0 Å². The molecule has 0 saturated carbocycles. The predicted molar refractivity (Wildman–Crippen MR) is 64.5 cm³/mol. The van der Waals surface area contributed by atoms with Gasteiger partial charge in [-0.2, -0.15) is 0 Å². The van der Waals surface area contributed by atoms with Gasteiger partial charge >= 0.3 is 0 Å². The number of para-hydroxylation sites is 1. The smallest absolute Gasteiger partial charge is 0.257 e. The summed E-state index contributed by atoms with van der Waals surface area (Å²) < 4.78 is 5.39. The molecule has 1 aromatic rings. The summed E-state index contributed by atoms with van der Waals surface area (Å²) in [7, 11) is 0. The maximum atomic E-state index is 11.3. The Morgan fingerprint density at radius 2 is 2.25 bits per heavy atom. The van der Waals surface area contributed by atoms with Crippen molar-refractivity contribution >= 4 is 5.91 Å². The van der Waals surface area contributed by atoms with Crippen molar-refractivity contribution in [1.82, 2.24) is 5.32 Å². The lowest BCUT2D eigenvalue weighted by molar-refractivity contribution is -0.123. The average molecular weight is 219 g/mol. The fraction of sp³-hybridized carbons (Fsp3) is 0.308. The van der Waals surface area contributed by atoms with Gasteiger partial charge in [0.1, 0.15) is 5.75 Å². The number of nitrogens with one attached hydrogen (secondary N) is 1. The van der Waals surface area contributed by atoms with E-state index in [0.717, 1.165) is 17.7 Å². The minimum Gasteiger partial charge on any atom is -0.484 e. The molecule has 1 rings (SSSR count). The zero-order chi connectivity index (χ0) is 11.8. The summed E-state index contributed by atoms with van der Waals surface area (Å²) in [5, 5.41) is 2.74. The number of hydrogen-bond acceptors (Lipinski definition) is 2. The Labute approximate surface area is 96.1 Å². The summed E-state index contributed by atoms with van der Waals surface area (Å²) in [4.78, 5) is 11.3. The van der Waals surface area contributed by atoms with Crippen molar-refractivity contribution in [2.45, 2.75) is 13.3 Å². The van der Waals surface area contributed by atoms with Crippen LogP contribution in [-0.4, -0.2) is 19.1 Å². The second-order valence-corrected chi connectivity index (χ2v) is 3.48. The van der Waals surface area contributed by atoms with Gasteiger partial charge in [-0.25, -0.2) is 0 Å². The van der Waals surface area contributed by atoms with E-state index in [1.165, 1.54) is 0 Å². The molecule has 0 fully saturated rings. The van der Waals surface area contributed by atoms with Gasteiger partial charge in [-0.3, -0.25) is 4.79 Å². The van der Waals surface area contributed by atoms with Gasteiger partial charge in [-0.1, -0.05) is 24.3 Å². The predicted octanol–water partition coefficient (Wildman–Crippen LogP) is 2.07. The first-order valence-corrected chi connectivity index (χ1v) is 5.30. The summed E-state index contributed by atoms with van der Waals surface area (Å²) >= 11 is 0. The van der Waals surface area contributed by atoms with Crippen LogP contribution in [0.2, 0.25) is 0 Å². The highest BCUT2D eigenvalue weighted by molar-refractivity contribution is 5.77. The minimum atomic E-state index is -0.106. The Morgan fingerprint density at radius 1 is 1.50 bits per heavy atom. The molecule has 1 N–H and O–H groups in total. The molecule has 1 amide bonds. The van der Waals surface area contributed by atoms with Crippen molar-refractivity contribution in [2.75, 3.05) is 13.2 Å². The Hall–Kier alpha value is -1.77. The Bertz CT molecular complexity index is 361. The quantitative estimate of drug-likeness (QED) is 0.587. The lowest BCUT2D eigenvalue weighted by Crippen LogP contribution is -2.29. The molecule has 1 aromatic carbocycles. The first-order chi connectivity index (χ1) is 7.74. The summed E-state index contributed by atoms with van der Waals surface area (Å²) in [6.07, 6.45) is 2.54. The molecule has 3 nitrogen and oxygen atoms in total. The molecule has 0 atom stereocenters. The maximum absolute atomic E-state index is 11.3. The SMILES string of the molecule is C=CCCNC(=O)COc1ccccc1C. The number of ether oxygens (including phenoxy) is 1. The van der Waals surface area contributed by atoms with Gasteiger partial charge in [-0.05, 0) is 25.0 Å². The van der Waals surface area contributed by atoms with Gasteiger partial charge in [-0.15, -0.1) is 6.58 Å². The lowest BCUT2D eigenvalue weighted by atomic mass is 10.2. The van der Waals surface area contributed by atoms with E-state index in [1.807, 2.05) is 31.2 Å². The highest BCUT2D eigenvalue weighted by Gasteiger charge is 2.02. The normalized spacial score (nSPS) is 9.56. The first-order valence-electron chi connectivity index (χ1n) is 5.30. The van der Waals surface area contributed by atoms with E-state index in [4.69, 9.17) is 4.74 Å². The number of amides is 1. The van der Waals surface area contributed by atoms with Crippen molar-refractivity contribution < 1.29 is 9.53 Å². The molecule has 0 aromatic heterocycles. The van der Waals surface area contributed by atoms with E-state index >= 15 is 0 Å². The van der Waals surface area contributed by atoms with Crippen LogP contribution in [0.1, 0.15) is 12.0 Å². The lowest BCUT2D eigenvalue weighted by Gasteiger charge is -2.08. The van der Waals surface area contributed by atoms with E-state index < -0.39 is 0 Å². The molecule has 0 spiro atoms. The van der Waals surface area contributed by atoms with Crippen LogP contribution in [0.3, 0.4) is 0 Å². The Morgan fingerprint density at radius 3 is 2.94 bits per heavy atom. The molecule has 0 bridgehead atoms. The molecule has 0 aliphatic carbocycles. The zero-order valence-corrected chi connectivity index (χ0v) is 9.53. The van der Waals surface area contributed by atoms with Crippen LogP contribution in [0.4, 0.5) is 0 Å². The second-order valence-electron chi connectivity index (χ2n) is 3.48. The summed E-state index contributed by atoms with van der Waals surface area (Å²) in [5.41, 5.74) is 1.03. The number of rotatable bonds is 6. The first kappa shape index (κ1) is 12.3. The number of carbonyl (C=O) groups is 1. The van der Waals surface area contributed by atoms with Gasteiger partial charge in [0.25, 0.3) is 5.91 Å². The van der Waals surface area contributed by atoms with E-state index in [9.17, 15) is 4.79 Å². The number of aryl methyl sites for hydroxylation is 1. The highest BCUT2D eigenvalue weighted by Crippen LogP contribution is 2.15. The van der Waals surface area contributed by atoms with Crippen molar-refractivity contribution in [3.8, 4) is 5.75 Å². The largest absolute Gasteiger partial charge is 0.484 e. The van der Waals surface area contributed by atoms with Gasteiger partial charge < -0.3 is 10.1 Å². The van der Waals surface area contributed by atoms with E-state index in [2.05, 4.69) is 11.9 Å². The molecule has 0 aliphatic heterocycles. The van der Waals surface area contributed by atoms with Crippen molar-refractivity contribution in [2.24, 2.45) is 0 Å².